The normalized spacial score (nSPS) is 10.5. The van der Waals surface area contributed by atoms with Crippen LogP contribution in [0.5, 0.6) is 0 Å². The smallest absolute Gasteiger partial charge is 0.861 e. The molecule has 0 unspecified atom stereocenters. The van der Waals surface area contributed by atoms with Crippen LogP contribution in [0.25, 0.3) is 0 Å². The number of hydrogen-bond donors (Lipinski definition) is 0. The van der Waals surface area contributed by atoms with Gasteiger partial charge in [0, 0.05) is 6.61 Å². The third kappa shape index (κ3) is 9.76. The average Bonchev–Trinajstić information content (AvgIpc) is 1.30. The molecule has 0 spiro atoms. The van der Waals surface area contributed by atoms with E-state index in [1.807, 2.05) is 0 Å². The summed E-state index contributed by atoms with van der Waals surface area (Å²) in [5.74, 6) is 0. The summed E-state index contributed by atoms with van der Waals surface area (Å²) in [7, 11) is -4.91. The molecule has 0 amide bonds. The van der Waals surface area contributed by atoms with E-state index in [2.05, 4.69) is 4.43 Å². The van der Waals surface area contributed by atoms with Crippen LogP contribution in [0, 0.1) is 0 Å². The molecular weight excluding hydrogens is 175 g/mol. The molecule has 0 radical (unpaired) electrons. The molecule has 0 aromatic rings. The maximum atomic E-state index is 9.51. The van der Waals surface area contributed by atoms with Gasteiger partial charge < -0.3 is 18.8 Å². The fourth-order valence-corrected chi connectivity index (χ4v) is 0.530. The van der Waals surface area contributed by atoms with E-state index in [0.717, 1.165) is 0 Å². The van der Waals surface area contributed by atoms with E-state index < -0.39 is 9.05 Å². The molecule has 0 N–H and O–H groups in total. The van der Waals surface area contributed by atoms with Gasteiger partial charge in [-0.15, -0.1) is 9.05 Å². The van der Waals surface area contributed by atoms with Crippen molar-refractivity contribution < 1.29 is 35.6 Å². The second-order valence-electron chi connectivity index (χ2n) is 0.933. The van der Waals surface area contributed by atoms with Crippen LogP contribution in [0.1, 0.15) is 6.92 Å². The minimum atomic E-state index is -4.91. The first kappa shape index (κ1) is 11.4. The second-order valence-corrected chi connectivity index (χ2v) is 2.22. The first-order valence-corrected chi connectivity index (χ1v) is 3.45. The van der Waals surface area contributed by atoms with E-state index in [4.69, 9.17) is 0 Å². The Morgan fingerprint density at radius 1 is 1.38 bits per heavy atom. The van der Waals surface area contributed by atoms with Gasteiger partial charge in [0.15, 0.2) is 0 Å². The minimum Gasteiger partial charge on any atom is -0.861 e. The van der Waals surface area contributed by atoms with Gasteiger partial charge in [0.2, 0.25) is 0 Å². The summed E-state index contributed by atoms with van der Waals surface area (Å²) in [5, 5.41) is 0. The maximum Gasteiger partial charge on any atom is 3.00 e. The van der Waals surface area contributed by atoms with E-state index >= 15 is 0 Å². The molecule has 0 rings (SSSR count). The Labute approximate surface area is 58.8 Å². The summed E-state index contributed by atoms with van der Waals surface area (Å²) in [6.07, 6.45) is 0. The molecule has 50 valence electrons. The van der Waals surface area contributed by atoms with Crippen molar-refractivity contribution in [3.05, 3.63) is 0 Å². The summed E-state index contributed by atoms with van der Waals surface area (Å²) in [6, 6.07) is 0. The van der Waals surface area contributed by atoms with Crippen LogP contribution in [0.2, 0.25) is 0 Å². The van der Waals surface area contributed by atoms with Gasteiger partial charge in [-0.3, -0.25) is 0 Å². The zero-order chi connectivity index (χ0) is 5.91. The molecule has 0 aromatic carbocycles. The van der Waals surface area contributed by atoms with Crippen molar-refractivity contribution in [1.82, 2.24) is 0 Å². The van der Waals surface area contributed by atoms with Gasteiger partial charge in [0.05, 0.1) is 0 Å². The van der Waals surface area contributed by atoms with Gasteiger partial charge in [-0.1, -0.05) is 0 Å². The molecule has 0 heterocycles. The Morgan fingerprint density at radius 2 is 1.75 bits per heavy atom. The van der Waals surface area contributed by atoms with Gasteiger partial charge in [0.1, 0.15) is 0 Å². The van der Waals surface area contributed by atoms with Crippen molar-refractivity contribution in [2.75, 3.05) is 6.61 Å². The zero-order valence-electron chi connectivity index (χ0n) is 4.17. The van der Waals surface area contributed by atoms with Gasteiger partial charge in [-0.2, -0.15) is 0 Å². The first-order chi connectivity index (χ1) is 3.06. The standard InChI is InChI=1S/C2H5O4Si.Co/c1-2-6-7(3,4)5;/h2H2,1H3;/q-3;+3. The van der Waals surface area contributed by atoms with Crippen molar-refractivity contribution in [1.29, 1.82) is 0 Å². The third-order valence-corrected chi connectivity index (χ3v) is 0.963. The predicted octanol–water partition coefficient (Wildman–Crippen LogP) is -3.46. The molecule has 0 saturated heterocycles. The van der Waals surface area contributed by atoms with Gasteiger partial charge in [-0.05, 0) is 6.92 Å². The van der Waals surface area contributed by atoms with Crippen LogP contribution in [0.15, 0.2) is 0 Å². The molecule has 6 heteroatoms. The molecule has 0 aromatic heterocycles. The van der Waals surface area contributed by atoms with E-state index in [-0.39, 0.29) is 23.4 Å². The Bertz CT molecular complexity index is 52.5. The zero-order valence-corrected chi connectivity index (χ0v) is 6.21. The van der Waals surface area contributed by atoms with Crippen LogP contribution < -0.4 is 14.4 Å². The van der Waals surface area contributed by atoms with Crippen molar-refractivity contribution in [3.63, 3.8) is 0 Å². The molecule has 0 aliphatic rings. The summed E-state index contributed by atoms with van der Waals surface area (Å²) in [4.78, 5) is 28.5. The van der Waals surface area contributed by atoms with Crippen LogP contribution in [0.3, 0.4) is 0 Å². The molecule has 0 aliphatic carbocycles. The minimum absolute atomic E-state index is 0. The van der Waals surface area contributed by atoms with Crippen molar-refractivity contribution >= 4 is 9.05 Å². The number of hydrogen-bond acceptors (Lipinski definition) is 4. The molecule has 4 nitrogen and oxygen atoms in total. The number of rotatable bonds is 2. The molecule has 8 heavy (non-hydrogen) atoms. The van der Waals surface area contributed by atoms with Gasteiger partial charge in [-0.25, -0.2) is 0 Å². The fourth-order valence-electron chi connectivity index (χ4n) is 0.177. The van der Waals surface area contributed by atoms with Crippen molar-refractivity contribution in [2.24, 2.45) is 0 Å². The summed E-state index contributed by atoms with van der Waals surface area (Å²) < 4.78 is 3.70. The first-order valence-electron chi connectivity index (χ1n) is 1.81. The van der Waals surface area contributed by atoms with Crippen molar-refractivity contribution in [2.45, 2.75) is 6.92 Å². The summed E-state index contributed by atoms with van der Waals surface area (Å²) >= 11 is 0. The van der Waals surface area contributed by atoms with Gasteiger partial charge in [0.25, 0.3) is 0 Å². The summed E-state index contributed by atoms with van der Waals surface area (Å²) in [6.45, 7) is 1.37. The third-order valence-electron chi connectivity index (χ3n) is 0.321. The van der Waals surface area contributed by atoms with Crippen LogP contribution >= 0.6 is 0 Å². The molecule has 0 fully saturated rings. The largest absolute Gasteiger partial charge is 3.00 e. The molecule has 0 bridgehead atoms. The van der Waals surface area contributed by atoms with E-state index in [9.17, 15) is 14.4 Å². The van der Waals surface area contributed by atoms with E-state index in [0.29, 0.717) is 0 Å². The Morgan fingerprint density at radius 3 is 1.75 bits per heavy atom. The van der Waals surface area contributed by atoms with E-state index in [1.54, 1.807) is 0 Å². The molecular formula is C2H5CoO4Si. The van der Waals surface area contributed by atoms with Crippen molar-refractivity contribution in [3.8, 4) is 0 Å². The SMILES string of the molecule is CCO[Si]([O-])([O-])[O-].[Co+3]. The van der Waals surface area contributed by atoms with Gasteiger partial charge >= 0.3 is 16.8 Å². The molecule has 0 atom stereocenters. The van der Waals surface area contributed by atoms with Crippen LogP contribution in [0.4, 0.5) is 0 Å². The fraction of sp³-hybridized carbons (Fsp3) is 1.00. The Kier molecular flexibility index (Phi) is 6.32. The Balaban J connectivity index is 0. The Hall–Kier alpha value is 0.563. The predicted molar refractivity (Wildman–Crippen MR) is 17.4 cm³/mol. The summed E-state index contributed by atoms with van der Waals surface area (Å²) in [5.41, 5.74) is 0. The molecule has 0 saturated carbocycles. The average molecular weight is 180 g/mol. The van der Waals surface area contributed by atoms with Crippen LogP contribution in [-0.2, 0) is 21.2 Å². The van der Waals surface area contributed by atoms with E-state index in [1.165, 1.54) is 6.92 Å². The second kappa shape index (κ2) is 4.44. The maximum absolute atomic E-state index is 9.51. The monoisotopic (exact) mass is 180 g/mol. The van der Waals surface area contributed by atoms with Crippen LogP contribution in [-0.4, -0.2) is 15.7 Å². The molecule has 0 aliphatic heterocycles. The topological polar surface area (TPSA) is 78.4 Å². The quantitative estimate of drug-likeness (QED) is 0.414.